The highest BCUT2D eigenvalue weighted by Gasteiger charge is 2.08. The second kappa shape index (κ2) is 4.84. The van der Waals surface area contributed by atoms with Crippen LogP contribution in [0.5, 0.6) is 0 Å². The van der Waals surface area contributed by atoms with E-state index in [1.807, 2.05) is 24.3 Å². The quantitative estimate of drug-likeness (QED) is 0.771. The van der Waals surface area contributed by atoms with E-state index in [0.29, 0.717) is 5.92 Å². The molecule has 0 aromatic heterocycles. The van der Waals surface area contributed by atoms with Gasteiger partial charge in [-0.05, 0) is 29.5 Å². The van der Waals surface area contributed by atoms with Crippen LogP contribution in [-0.2, 0) is 6.42 Å². The van der Waals surface area contributed by atoms with E-state index in [-0.39, 0.29) is 0 Å². The lowest BCUT2D eigenvalue weighted by Crippen LogP contribution is -2.02. The van der Waals surface area contributed by atoms with Gasteiger partial charge in [0.1, 0.15) is 0 Å². The van der Waals surface area contributed by atoms with Gasteiger partial charge < -0.3 is 5.73 Å². The summed E-state index contributed by atoms with van der Waals surface area (Å²) >= 11 is 0. The summed E-state index contributed by atoms with van der Waals surface area (Å²) in [6.07, 6.45) is 1.04. The zero-order valence-electron chi connectivity index (χ0n) is 9.56. The predicted octanol–water partition coefficient (Wildman–Crippen LogP) is 3.62. The van der Waals surface area contributed by atoms with Crippen molar-refractivity contribution in [3.05, 3.63) is 65.7 Å². The summed E-state index contributed by atoms with van der Waals surface area (Å²) in [5.74, 6) is 0.462. The minimum absolute atomic E-state index is 0.462. The van der Waals surface area contributed by atoms with E-state index in [2.05, 4.69) is 37.3 Å². The van der Waals surface area contributed by atoms with Crippen LogP contribution in [0.3, 0.4) is 0 Å². The van der Waals surface area contributed by atoms with E-state index in [4.69, 9.17) is 5.73 Å². The third kappa shape index (κ3) is 2.43. The van der Waals surface area contributed by atoms with Gasteiger partial charge in [0, 0.05) is 5.69 Å². The van der Waals surface area contributed by atoms with Crippen molar-refractivity contribution in [1.29, 1.82) is 0 Å². The first-order chi connectivity index (χ1) is 7.77. The van der Waals surface area contributed by atoms with Crippen LogP contribution in [0.4, 0.5) is 5.69 Å². The molecule has 82 valence electrons. The van der Waals surface area contributed by atoms with E-state index in [9.17, 15) is 0 Å². The van der Waals surface area contributed by atoms with Crippen molar-refractivity contribution in [2.75, 3.05) is 5.73 Å². The van der Waals surface area contributed by atoms with Crippen molar-refractivity contribution in [1.82, 2.24) is 0 Å². The SMILES string of the molecule is CC(Cc1ccccc1)c1ccccc1N. The number of nitrogen functional groups attached to an aromatic ring is 1. The van der Waals surface area contributed by atoms with Gasteiger partial charge >= 0.3 is 0 Å². The van der Waals surface area contributed by atoms with Gasteiger partial charge in [-0.1, -0.05) is 55.5 Å². The number of rotatable bonds is 3. The lowest BCUT2D eigenvalue weighted by Gasteiger charge is -2.14. The van der Waals surface area contributed by atoms with E-state index in [0.717, 1.165) is 12.1 Å². The molecule has 0 aliphatic rings. The number of hydrogen-bond acceptors (Lipinski definition) is 1. The largest absolute Gasteiger partial charge is 0.398 e. The van der Waals surface area contributed by atoms with Crippen molar-refractivity contribution >= 4 is 5.69 Å². The Bertz CT molecular complexity index is 448. The molecule has 2 N–H and O–H groups in total. The van der Waals surface area contributed by atoms with E-state index >= 15 is 0 Å². The maximum Gasteiger partial charge on any atom is 0.0349 e. The topological polar surface area (TPSA) is 26.0 Å². The first-order valence-corrected chi connectivity index (χ1v) is 5.65. The Morgan fingerprint density at radius 2 is 1.56 bits per heavy atom. The zero-order valence-corrected chi connectivity index (χ0v) is 9.56. The van der Waals surface area contributed by atoms with Gasteiger partial charge in [0.15, 0.2) is 0 Å². The number of anilines is 1. The molecule has 2 aromatic rings. The Morgan fingerprint density at radius 3 is 2.25 bits per heavy atom. The first kappa shape index (κ1) is 10.7. The molecule has 1 unspecified atom stereocenters. The van der Waals surface area contributed by atoms with Gasteiger partial charge in [0.25, 0.3) is 0 Å². The van der Waals surface area contributed by atoms with Crippen LogP contribution in [0, 0.1) is 0 Å². The third-order valence-corrected chi connectivity index (χ3v) is 2.91. The molecule has 0 saturated carbocycles. The molecular weight excluding hydrogens is 194 g/mol. The second-order valence-corrected chi connectivity index (χ2v) is 4.22. The summed E-state index contributed by atoms with van der Waals surface area (Å²) in [5.41, 5.74) is 9.47. The van der Waals surface area contributed by atoms with Gasteiger partial charge in [-0.15, -0.1) is 0 Å². The minimum Gasteiger partial charge on any atom is -0.398 e. The summed E-state index contributed by atoms with van der Waals surface area (Å²) in [7, 11) is 0. The molecular formula is C15H17N. The second-order valence-electron chi connectivity index (χ2n) is 4.22. The minimum atomic E-state index is 0.462. The standard InChI is InChI=1S/C15H17N/c1-12(11-13-7-3-2-4-8-13)14-9-5-6-10-15(14)16/h2-10,12H,11,16H2,1H3. The van der Waals surface area contributed by atoms with Crippen LogP contribution in [0.25, 0.3) is 0 Å². The molecule has 1 atom stereocenters. The Morgan fingerprint density at radius 1 is 0.938 bits per heavy atom. The lowest BCUT2D eigenvalue weighted by atomic mass is 9.93. The molecule has 1 nitrogen and oxygen atoms in total. The normalized spacial score (nSPS) is 12.3. The average molecular weight is 211 g/mol. The van der Waals surface area contributed by atoms with Crippen molar-refractivity contribution in [3.63, 3.8) is 0 Å². The van der Waals surface area contributed by atoms with Crippen LogP contribution < -0.4 is 5.73 Å². The summed E-state index contributed by atoms with van der Waals surface area (Å²) in [5, 5.41) is 0. The van der Waals surface area contributed by atoms with E-state index in [1.165, 1.54) is 11.1 Å². The average Bonchev–Trinajstić information content (AvgIpc) is 2.31. The Balaban J connectivity index is 2.15. The monoisotopic (exact) mass is 211 g/mol. The molecule has 1 heteroatoms. The molecule has 2 rings (SSSR count). The summed E-state index contributed by atoms with van der Waals surface area (Å²) in [6, 6.07) is 18.6. The molecule has 2 aromatic carbocycles. The molecule has 0 heterocycles. The molecule has 16 heavy (non-hydrogen) atoms. The van der Waals surface area contributed by atoms with E-state index < -0.39 is 0 Å². The third-order valence-electron chi connectivity index (χ3n) is 2.91. The smallest absolute Gasteiger partial charge is 0.0349 e. The summed E-state index contributed by atoms with van der Waals surface area (Å²) in [6.45, 7) is 2.22. The van der Waals surface area contributed by atoms with Crippen molar-refractivity contribution in [2.45, 2.75) is 19.3 Å². The Labute approximate surface area is 96.9 Å². The van der Waals surface area contributed by atoms with Gasteiger partial charge in [-0.3, -0.25) is 0 Å². The zero-order chi connectivity index (χ0) is 11.4. The molecule has 0 aliphatic heterocycles. The number of hydrogen-bond donors (Lipinski definition) is 1. The molecule has 0 fully saturated rings. The molecule has 0 bridgehead atoms. The summed E-state index contributed by atoms with van der Waals surface area (Å²) in [4.78, 5) is 0. The van der Waals surface area contributed by atoms with Crippen LogP contribution in [0.1, 0.15) is 24.0 Å². The number of para-hydroxylation sites is 1. The maximum absolute atomic E-state index is 5.98. The van der Waals surface area contributed by atoms with Gasteiger partial charge in [-0.2, -0.15) is 0 Å². The molecule has 0 aliphatic carbocycles. The Kier molecular flexibility index (Phi) is 3.25. The van der Waals surface area contributed by atoms with Gasteiger partial charge in [-0.25, -0.2) is 0 Å². The Hall–Kier alpha value is -1.76. The fourth-order valence-electron chi connectivity index (χ4n) is 2.04. The first-order valence-electron chi connectivity index (χ1n) is 5.65. The van der Waals surface area contributed by atoms with E-state index in [1.54, 1.807) is 0 Å². The maximum atomic E-state index is 5.98. The van der Waals surface area contributed by atoms with Crippen LogP contribution in [0.15, 0.2) is 54.6 Å². The van der Waals surface area contributed by atoms with Crippen molar-refractivity contribution in [3.8, 4) is 0 Å². The molecule has 0 spiro atoms. The fraction of sp³-hybridized carbons (Fsp3) is 0.200. The fourth-order valence-corrected chi connectivity index (χ4v) is 2.04. The van der Waals surface area contributed by atoms with Crippen LogP contribution in [0.2, 0.25) is 0 Å². The molecule has 0 saturated heterocycles. The predicted molar refractivity (Wildman–Crippen MR) is 69.4 cm³/mol. The highest BCUT2D eigenvalue weighted by atomic mass is 14.6. The highest BCUT2D eigenvalue weighted by Crippen LogP contribution is 2.24. The number of nitrogens with two attached hydrogens (primary N) is 1. The highest BCUT2D eigenvalue weighted by molar-refractivity contribution is 5.48. The molecule has 0 radical (unpaired) electrons. The lowest BCUT2D eigenvalue weighted by molar-refractivity contribution is 0.762. The number of benzene rings is 2. The van der Waals surface area contributed by atoms with Gasteiger partial charge in [0.2, 0.25) is 0 Å². The van der Waals surface area contributed by atoms with Crippen LogP contribution in [-0.4, -0.2) is 0 Å². The van der Waals surface area contributed by atoms with Crippen molar-refractivity contribution < 1.29 is 0 Å². The van der Waals surface area contributed by atoms with Crippen LogP contribution >= 0.6 is 0 Å². The van der Waals surface area contributed by atoms with Gasteiger partial charge in [0.05, 0.1) is 0 Å². The van der Waals surface area contributed by atoms with Crippen molar-refractivity contribution in [2.24, 2.45) is 0 Å². The summed E-state index contributed by atoms with van der Waals surface area (Å²) < 4.78 is 0. The molecule has 0 amide bonds.